The molecule has 10 heteroatoms. The van der Waals surface area contributed by atoms with E-state index >= 15 is 0 Å². The number of hydrogen-bond donors (Lipinski definition) is 1. The summed E-state index contributed by atoms with van der Waals surface area (Å²) in [5.74, 6) is -2.39. The lowest BCUT2D eigenvalue weighted by atomic mass is 10.2. The lowest BCUT2D eigenvalue weighted by Crippen LogP contribution is -2.41. The van der Waals surface area contributed by atoms with Crippen LogP contribution in [-0.4, -0.2) is 44.9 Å². The number of sulfonamides is 1. The van der Waals surface area contributed by atoms with Gasteiger partial charge in [-0.25, -0.2) is 17.2 Å². The molecule has 2 aromatic carbocycles. The zero-order chi connectivity index (χ0) is 19.6. The van der Waals surface area contributed by atoms with E-state index in [2.05, 4.69) is 21.2 Å². The van der Waals surface area contributed by atoms with Crippen molar-refractivity contribution in [2.75, 3.05) is 31.6 Å². The minimum atomic E-state index is -4.12. The summed E-state index contributed by atoms with van der Waals surface area (Å²) in [5, 5.41) is 2.35. The highest BCUT2D eigenvalue weighted by Crippen LogP contribution is 2.24. The number of rotatable bonds is 4. The number of nitrogens with zero attached hydrogens (tertiary/aromatic N) is 1. The van der Waals surface area contributed by atoms with Crippen LogP contribution >= 0.6 is 15.9 Å². The van der Waals surface area contributed by atoms with Crippen LogP contribution in [0.15, 0.2) is 45.8 Å². The Morgan fingerprint density at radius 3 is 2.44 bits per heavy atom. The molecule has 1 aliphatic rings. The van der Waals surface area contributed by atoms with Crippen molar-refractivity contribution in [1.29, 1.82) is 0 Å². The number of nitrogens with one attached hydrogen (secondary N) is 1. The molecule has 0 radical (unpaired) electrons. The van der Waals surface area contributed by atoms with Gasteiger partial charge in [-0.2, -0.15) is 4.31 Å². The highest BCUT2D eigenvalue weighted by atomic mass is 79.9. The van der Waals surface area contributed by atoms with Crippen LogP contribution in [0.4, 0.5) is 14.5 Å². The molecule has 27 heavy (non-hydrogen) atoms. The highest BCUT2D eigenvalue weighted by molar-refractivity contribution is 9.10. The fourth-order valence-corrected chi connectivity index (χ4v) is 4.39. The molecule has 1 aliphatic heterocycles. The Morgan fingerprint density at radius 2 is 1.78 bits per heavy atom. The van der Waals surface area contributed by atoms with Crippen LogP contribution in [0, 0.1) is 11.6 Å². The normalized spacial score (nSPS) is 15.5. The number of morpholine rings is 1. The number of benzene rings is 2. The van der Waals surface area contributed by atoms with Gasteiger partial charge in [0.2, 0.25) is 10.0 Å². The SMILES string of the molecule is O=C(Nc1ccc(Br)cc1F)c1ccc(F)c(S(=O)(=O)N2CCOCC2)c1. The summed E-state index contributed by atoms with van der Waals surface area (Å²) in [4.78, 5) is 11.8. The first-order valence-electron chi connectivity index (χ1n) is 7.93. The van der Waals surface area contributed by atoms with E-state index in [1.807, 2.05) is 0 Å². The van der Waals surface area contributed by atoms with E-state index < -0.39 is 32.5 Å². The number of anilines is 1. The van der Waals surface area contributed by atoms with Crippen molar-refractivity contribution in [3.8, 4) is 0 Å². The second-order valence-corrected chi connectivity index (χ2v) is 8.56. The van der Waals surface area contributed by atoms with E-state index in [-0.39, 0.29) is 37.6 Å². The van der Waals surface area contributed by atoms with Crippen LogP contribution in [0.25, 0.3) is 0 Å². The van der Waals surface area contributed by atoms with Crippen LogP contribution in [0.5, 0.6) is 0 Å². The molecule has 2 aromatic rings. The van der Waals surface area contributed by atoms with E-state index in [4.69, 9.17) is 4.74 Å². The molecule has 0 saturated carbocycles. The smallest absolute Gasteiger partial charge is 0.255 e. The second kappa shape index (κ2) is 8.01. The molecule has 0 aliphatic carbocycles. The molecule has 1 N–H and O–H groups in total. The Morgan fingerprint density at radius 1 is 1.07 bits per heavy atom. The van der Waals surface area contributed by atoms with E-state index in [0.29, 0.717) is 4.47 Å². The minimum absolute atomic E-state index is 0.0786. The van der Waals surface area contributed by atoms with Crippen molar-refractivity contribution in [3.63, 3.8) is 0 Å². The zero-order valence-corrected chi connectivity index (χ0v) is 16.3. The van der Waals surface area contributed by atoms with Gasteiger partial charge in [-0.15, -0.1) is 0 Å². The van der Waals surface area contributed by atoms with Crippen molar-refractivity contribution in [2.45, 2.75) is 4.90 Å². The van der Waals surface area contributed by atoms with Gasteiger partial charge in [-0.05, 0) is 36.4 Å². The van der Waals surface area contributed by atoms with Crippen LogP contribution in [0.3, 0.4) is 0 Å². The van der Waals surface area contributed by atoms with Crippen LogP contribution in [-0.2, 0) is 14.8 Å². The third-order valence-electron chi connectivity index (χ3n) is 3.96. The molecule has 1 fully saturated rings. The first-order valence-corrected chi connectivity index (χ1v) is 10.2. The fraction of sp³-hybridized carbons (Fsp3) is 0.235. The molecular weight excluding hydrogens is 446 g/mol. The van der Waals surface area contributed by atoms with Crippen molar-refractivity contribution in [2.24, 2.45) is 0 Å². The van der Waals surface area contributed by atoms with Gasteiger partial charge in [0, 0.05) is 23.1 Å². The van der Waals surface area contributed by atoms with E-state index in [0.717, 1.165) is 22.5 Å². The number of hydrogen-bond acceptors (Lipinski definition) is 4. The van der Waals surface area contributed by atoms with Crippen molar-refractivity contribution in [1.82, 2.24) is 4.31 Å². The summed E-state index contributed by atoms with van der Waals surface area (Å²) < 4.78 is 60.1. The number of halogens is 3. The molecule has 1 saturated heterocycles. The lowest BCUT2D eigenvalue weighted by Gasteiger charge is -2.26. The Kier molecular flexibility index (Phi) is 5.89. The third kappa shape index (κ3) is 4.34. The van der Waals surface area contributed by atoms with Gasteiger partial charge in [0.25, 0.3) is 5.91 Å². The van der Waals surface area contributed by atoms with Gasteiger partial charge >= 0.3 is 0 Å². The average molecular weight is 461 g/mol. The van der Waals surface area contributed by atoms with E-state index in [9.17, 15) is 22.0 Å². The first kappa shape index (κ1) is 19.9. The van der Waals surface area contributed by atoms with E-state index in [1.165, 1.54) is 18.2 Å². The number of ether oxygens (including phenoxy) is 1. The van der Waals surface area contributed by atoms with Crippen LogP contribution in [0.2, 0.25) is 0 Å². The maximum absolute atomic E-state index is 14.2. The molecule has 1 amide bonds. The highest BCUT2D eigenvalue weighted by Gasteiger charge is 2.29. The fourth-order valence-electron chi connectivity index (χ4n) is 2.55. The Bertz CT molecular complexity index is 979. The largest absolute Gasteiger partial charge is 0.379 e. The summed E-state index contributed by atoms with van der Waals surface area (Å²) in [5.41, 5.74) is -0.185. The van der Waals surface area contributed by atoms with Crippen LogP contribution in [0.1, 0.15) is 10.4 Å². The molecule has 0 unspecified atom stereocenters. The van der Waals surface area contributed by atoms with Crippen molar-refractivity contribution < 1.29 is 26.7 Å². The number of carbonyl (C=O) groups is 1. The minimum Gasteiger partial charge on any atom is -0.379 e. The lowest BCUT2D eigenvalue weighted by molar-refractivity contribution is 0.0729. The number of amides is 1. The molecule has 0 spiro atoms. The first-order chi connectivity index (χ1) is 12.8. The summed E-state index contributed by atoms with van der Waals surface area (Å²) in [6, 6.07) is 7.06. The average Bonchev–Trinajstić information content (AvgIpc) is 2.65. The summed E-state index contributed by atoms with van der Waals surface area (Å²) in [6.45, 7) is 0.623. The molecule has 0 atom stereocenters. The standard InChI is InChI=1S/C17H15BrF2N2O4S/c18-12-2-4-15(14(20)10-12)21-17(23)11-1-3-13(19)16(9-11)27(24,25)22-5-7-26-8-6-22/h1-4,9-10H,5-8H2,(H,21,23). The van der Waals surface area contributed by atoms with Gasteiger partial charge in [0.05, 0.1) is 18.9 Å². The zero-order valence-electron chi connectivity index (χ0n) is 13.9. The quantitative estimate of drug-likeness (QED) is 0.760. The topological polar surface area (TPSA) is 75.7 Å². The van der Waals surface area contributed by atoms with Gasteiger partial charge in [-0.3, -0.25) is 4.79 Å². The van der Waals surface area contributed by atoms with Crippen molar-refractivity contribution >= 4 is 37.5 Å². The maximum atomic E-state index is 14.2. The van der Waals surface area contributed by atoms with E-state index in [1.54, 1.807) is 0 Å². The molecule has 3 rings (SSSR count). The summed E-state index contributed by atoms with van der Waals surface area (Å²) in [7, 11) is -4.12. The molecular formula is C17H15BrF2N2O4S. The van der Waals surface area contributed by atoms with Gasteiger partial charge in [0.1, 0.15) is 16.5 Å². The Hall–Kier alpha value is -1.88. The van der Waals surface area contributed by atoms with Gasteiger partial charge in [-0.1, -0.05) is 15.9 Å². The molecule has 0 bridgehead atoms. The van der Waals surface area contributed by atoms with Crippen LogP contribution < -0.4 is 5.32 Å². The molecule has 1 heterocycles. The number of carbonyl (C=O) groups excluding carboxylic acids is 1. The molecule has 6 nitrogen and oxygen atoms in total. The second-order valence-electron chi connectivity index (χ2n) is 5.74. The molecule has 0 aromatic heterocycles. The monoisotopic (exact) mass is 460 g/mol. The Balaban J connectivity index is 1.89. The van der Waals surface area contributed by atoms with Crippen molar-refractivity contribution in [3.05, 3.63) is 58.1 Å². The Labute approximate surface area is 163 Å². The van der Waals surface area contributed by atoms with Gasteiger partial charge in [0.15, 0.2) is 0 Å². The molecule has 144 valence electrons. The third-order valence-corrected chi connectivity index (χ3v) is 6.37. The maximum Gasteiger partial charge on any atom is 0.255 e. The summed E-state index contributed by atoms with van der Waals surface area (Å²) in [6.07, 6.45) is 0. The summed E-state index contributed by atoms with van der Waals surface area (Å²) >= 11 is 3.11. The predicted molar refractivity (Wildman–Crippen MR) is 98.0 cm³/mol. The predicted octanol–water partition coefficient (Wildman–Crippen LogP) is 3.00. The van der Waals surface area contributed by atoms with Gasteiger partial charge < -0.3 is 10.1 Å².